The summed E-state index contributed by atoms with van der Waals surface area (Å²) in [5, 5.41) is 0. The summed E-state index contributed by atoms with van der Waals surface area (Å²) in [5.74, 6) is -1.79. The first-order valence-electron chi connectivity index (χ1n) is 1.98. The molecular formula is C4HBF3. The summed E-state index contributed by atoms with van der Waals surface area (Å²) in [6, 6.07) is 0. The summed E-state index contributed by atoms with van der Waals surface area (Å²) in [6.45, 7) is 0. The van der Waals surface area contributed by atoms with Gasteiger partial charge in [0.1, 0.15) is 5.83 Å². The van der Waals surface area contributed by atoms with Crippen LogP contribution in [0.4, 0.5) is 13.2 Å². The molecule has 1 aliphatic heterocycles. The quantitative estimate of drug-likeness (QED) is 0.423. The maximum Gasteiger partial charge on any atom is 0.229 e. The van der Waals surface area contributed by atoms with Gasteiger partial charge >= 0.3 is 0 Å². The normalized spacial score (nSPS) is 18.6. The van der Waals surface area contributed by atoms with Crippen molar-refractivity contribution in [2.75, 3.05) is 0 Å². The van der Waals surface area contributed by atoms with E-state index in [1.54, 1.807) is 0 Å². The van der Waals surface area contributed by atoms with Gasteiger partial charge in [0.2, 0.25) is 7.28 Å². The molecule has 0 aliphatic carbocycles. The standard InChI is InChI=1S/C4HBF3/c6-2-1-5-4(8)3(2)7/h1H. The Morgan fingerprint density at radius 3 is 2.00 bits per heavy atom. The van der Waals surface area contributed by atoms with Crippen molar-refractivity contribution >= 4 is 7.28 Å². The lowest BCUT2D eigenvalue weighted by molar-refractivity contribution is 0.519. The molecule has 0 aromatic heterocycles. The molecule has 0 aromatic carbocycles. The highest BCUT2D eigenvalue weighted by Crippen LogP contribution is 2.23. The van der Waals surface area contributed by atoms with Crippen molar-refractivity contribution in [3.8, 4) is 0 Å². The van der Waals surface area contributed by atoms with Gasteiger partial charge in [-0.1, -0.05) is 5.98 Å². The lowest BCUT2D eigenvalue weighted by Crippen LogP contribution is -1.78. The van der Waals surface area contributed by atoms with Crippen LogP contribution in [0.1, 0.15) is 0 Å². The van der Waals surface area contributed by atoms with E-state index in [1.807, 2.05) is 0 Å². The third-order valence-corrected chi connectivity index (χ3v) is 0.795. The Hall–Kier alpha value is -0.665. The van der Waals surface area contributed by atoms with E-state index < -0.39 is 17.4 Å². The summed E-state index contributed by atoms with van der Waals surface area (Å²) in [4.78, 5) is 0. The molecule has 0 spiro atoms. The molecular weight excluding hydrogens is 116 g/mol. The molecule has 1 rings (SSSR count). The monoisotopic (exact) mass is 117 g/mol. The topological polar surface area (TPSA) is 0 Å². The summed E-state index contributed by atoms with van der Waals surface area (Å²) in [6.07, 6.45) is 0. The van der Waals surface area contributed by atoms with Gasteiger partial charge in [0, 0.05) is 0 Å². The molecule has 1 aliphatic rings. The molecule has 0 fully saturated rings. The lowest BCUT2D eigenvalue weighted by Gasteiger charge is -1.82. The van der Waals surface area contributed by atoms with Gasteiger partial charge in [-0.05, 0) is 0 Å². The second-order valence-electron chi connectivity index (χ2n) is 1.34. The molecule has 0 saturated heterocycles. The molecule has 0 bridgehead atoms. The minimum absolute atomic E-state index is 0.741. The third kappa shape index (κ3) is 0.659. The van der Waals surface area contributed by atoms with Gasteiger partial charge in [0.15, 0.2) is 5.83 Å². The van der Waals surface area contributed by atoms with E-state index in [-0.39, 0.29) is 0 Å². The third-order valence-electron chi connectivity index (χ3n) is 0.795. The molecule has 0 unspecified atom stereocenters. The number of halogens is 3. The highest BCUT2D eigenvalue weighted by molar-refractivity contribution is 6.52. The number of rotatable bonds is 0. The highest BCUT2D eigenvalue weighted by Gasteiger charge is 2.17. The first-order chi connectivity index (χ1) is 3.72. The van der Waals surface area contributed by atoms with Crippen LogP contribution in [0, 0.1) is 0 Å². The summed E-state index contributed by atoms with van der Waals surface area (Å²) >= 11 is 0. The van der Waals surface area contributed by atoms with Crippen LogP contribution in [-0.4, -0.2) is 7.28 Å². The van der Waals surface area contributed by atoms with Gasteiger partial charge < -0.3 is 0 Å². The van der Waals surface area contributed by atoms with Crippen LogP contribution in [-0.2, 0) is 0 Å². The molecule has 0 atom stereocenters. The molecule has 4 heteroatoms. The van der Waals surface area contributed by atoms with Crippen LogP contribution < -0.4 is 0 Å². The Labute approximate surface area is 44.9 Å². The first-order valence-corrected chi connectivity index (χ1v) is 1.98. The van der Waals surface area contributed by atoms with Crippen molar-refractivity contribution in [2.45, 2.75) is 0 Å². The van der Waals surface area contributed by atoms with Crippen molar-refractivity contribution in [2.24, 2.45) is 0 Å². The van der Waals surface area contributed by atoms with Crippen molar-refractivity contribution < 1.29 is 13.2 Å². The molecule has 1 heterocycles. The minimum atomic E-state index is -1.40. The average Bonchev–Trinajstić information content (AvgIpc) is 1.98. The van der Waals surface area contributed by atoms with E-state index in [2.05, 4.69) is 0 Å². The van der Waals surface area contributed by atoms with E-state index >= 15 is 0 Å². The first kappa shape index (κ1) is 5.47. The van der Waals surface area contributed by atoms with Crippen molar-refractivity contribution in [3.05, 3.63) is 23.4 Å². The Morgan fingerprint density at radius 1 is 1.25 bits per heavy atom. The molecule has 1 radical (unpaired) electrons. The molecule has 0 aromatic rings. The van der Waals surface area contributed by atoms with Crippen LogP contribution in [0.2, 0.25) is 0 Å². The Kier molecular flexibility index (Phi) is 1.15. The van der Waals surface area contributed by atoms with Crippen molar-refractivity contribution in [1.82, 2.24) is 0 Å². The molecule has 0 saturated carbocycles. The van der Waals surface area contributed by atoms with Gasteiger partial charge in [0.05, 0.1) is 5.73 Å². The second kappa shape index (κ2) is 1.69. The van der Waals surface area contributed by atoms with Gasteiger partial charge in [-0.15, -0.1) is 0 Å². The van der Waals surface area contributed by atoms with Crippen LogP contribution in [0.3, 0.4) is 0 Å². The summed E-state index contributed by atoms with van der Waals surface area (Å²) in [5.41, 5.74) is -1.14. The Morgan fingerprint density at radius 2 is 1.88 bits per heavy atom. The van der Waals surface area contributed by atoms with E-state index in [0.717, 1.165) is 13.3 Å². The second-order valence-corrected chi connectivity index (χ2v) is 1.34. The largest absolute Gasteiger partial charge is 0.229 e. The maximum absolute atomic E-state index is 11.7. The predicted molar refractivity (Wildman–Crippen MR) is 24.2 cm³/mol. The fourth-order valence-electron chi connectivity index (χ4n) is 0.407. The minimum Gasteiger partial charge on any atom is -0.220 e. The molecule has 0 N–H and O–H groups in total. The van der Waals surface area contributed by atoms with E-state index in [1.165, 1.54) is 0 Å². The van der Waals surface area contributed by atoms with E-state index in [4.69, 9.17) is 0 Å². The molecule has 0 amide bonds. The zero-order chi connectivity index (χ0) is 6.15. The lowest BCUT2D eigenvalue weighted by atomic mass is 9.81. The van der Waals surface area contributed by atoms with Crippen LogP contribution in [0.15, 0.2) is 23.4 Å². The summed E-state index contributed by atoms with van der Waals surface area (Å²) < 4.78 is 35.2. The van der Waals surface area contributed by atoms with Gasteiger partial charge in [0.25, 0.3) is 0 Å². The van der Waals surface area contributed by atoms with Crippen LogP contribution >= 0.6 is 0 Å². The van der Waals surface area contributed by atoms with Crippen LogP contribution in [0.5, 0.6) is 0 Å². The zero-order valence-electron chi connectivity index (χ0n) is 3.79. The van der Waals surface area contributed by atoms with Gasteiger partial charge in [-0.25, -0.2) is 13.2 Å². The highest BCUT2D eigenvalue weighted by atomic mass is 19.2. The Balaban J connectivity index is 2.88. The zero-order valence-corrected chi connectivity index (χ0v) is 3.79. The summed E-state index contributed by atoms with van der Waals surface area (Å²) in [7, 11) is 0.741. The van der Waals surface area contributed by atoms with E-state index in [9.17, 15) is 13.2 Å². The predicted octanol–water partition coefficient (Wildman–Crippen LogP) is 1.62. The molecule has 8 heavy (non-hydrogen) atoms. The number of hydrogen-bond acceptors (Lipinski definition) is 0. The Bertz CT molecular complexity index is 165. The fourth-order valence-corrected chi connectivity index (χ4v) is 0.407. The van der Waals surface area contributed by atoms with Gasteiger partial charge in [-0.2, -0.15) is 0 Å². The van der Waals surface area contributed by atoms with Gasteiger partial charge in [-0.3, -0.25) is 0 Å². The average molecular weight is 117 g/mol. The van der Waals surface area contributed by atoms with Crippen molar-refractivity contribution in [3.63, 3.8) is 0 Å². The van der Waals surface area contributed by atoms with E-state index in [0.29, 0.717) is 0 Å². The number of allylic oxidation sites excluding steroid dienone is 2. The molecule has 0 nitrogen and oxygen atoms in total. The van der Waals surface area contributed by atoms with Crippen molar-refractivity contribution in [1.29, 1.82) is 0 Å². The fraction of sp³-hybridized carbons (Fsp3) is 0. The molecule has 41 valence electrons. The SMILES string of the molecule is FC1=C[B]C(F)=C1F. The maximum atomic E-state index is 11.7. The number of hydrogen-bond donors (Lipinski definition) is 0. The smallest absolute Gasteiger partial charge is 0.220 e. The van der Waals surface area contributed by atoms with Crippen LogP contribution in [0.25, 0.3) is 0 Å².